The van der Waals surface area contributed by atoms with Crippen molar-refractivity contribution in [3.8, 4) is 6.07 Å². The van der Waals surface area contributed by atoms with Gasteiger partial charge in [-0.2, -0.15) is 5.26 Å². The van der Waals surface area contributed by atoms with Crippen molar-refractivity contribution in [2.45, 2.75) is 32.7 Å². The fraction of sp³-hybridized carbons (Fsp3) is 0.538. The van der Waals surface area contributed by atoms with Gasteiger partial charge in [-0.3, -0.25) is 0 Å². The van der Waals surface area contributed by atoms with Crippen LogP contribution in [0.25, 0.3) is 0 Å². The van der Waals surface area contributed by atoms with Crippen LogP contribution in [0.15, 0.2) is 6.07 Å². The van der Waals surface area contributed by atoms with Gasteiger partial charge in [-0.05, 0) is 38.3 Å². The summed E-state index contributed by atoms with van der Waals surface area (Å²) in [5.41, 5.74) is 8.61. The number of anilines is 1. The molecule has 2 heterocycles. The summed E-state index contributed by atoms with van der Waals surface area (Å²) in [6.45, 7) is 5.66. The van der Waals surface area contributed by atoms with Crippen LogP contribution in [-0.2, 0) is 0 Å². The van der Waals surface area contributed by atoms with E-state index in [1.165, 1.54) is 0 Å². The van der Waals surface area contributed by atoms with E-state index in [2.05, 4.69) is 16.0 Å². The lowest BCUT2D eigenvalue weighted by Gasteiger charge is -2.32. The van der Waals surface area contributed by atoms with Crippen LogP contribution in [0.5, 0.6) is 0 Å². The summed E-state index contributed by atoms with van der Waals surface area (Å²) >= 11 is 0. The second kappa shape index (κ2) is 4.72. The molecule has 0 aromatic carbocycles. The minimum Gasteiger partial charge on any atom is -0.354 e. The van der Waals surface area contributed by atoms with E-state index in [4.69, 9.17) is 5.73 Å². The van der Waals surface area contributed by atoms with E-state index < -0.39 is 0 Å². The standard InChI is InChI=1S/C13H18N4/c1-9-6-10(2)16-13(12(9)7-14)17-5-3-4-11(15)8-17/h6,11H,3-5,8,15H2,1-2H3. The average molecular weight is 230 g/mol. The highest BCUT2D eigenvalue weighted by Gasteiger charge is 2.21. The third-order valence-electron chi connectivity index (χ3n) is 3.19. The molecule has 0 aliphatic carbocycles. The van der Waals surface area contributed by atoms with Gasteiger partial charge in [0.15, 0.2) is 0 Å². The Hall–Kier alpha value is -1.60. The predicted octanol–water partition coefficient (Wildman–Crippen LogP) is 1.50. The predicted molar refractivity (Wildman–Crippen MR) is 67.8 cm³/mol. The highest BCUT2D eigenvalue weighted by atomic mass is 15.2. The number of pyridine rings is 1. The van der Waals surface area contributed by atoms with Gasteiger partial charge in [0.2, 0.25) is 0 Å². The van der Waals surface area contributed by atoms with Crippen molar-refractivity contribution in [3.05, 3.63) is 22.9 Å². The van der Waals surface area contributed by atoms with E-state index in [0.717, 1.165) is 43.0 Å². The van der Waals surface area contributed by atoms with Gasteiger partial charge in [0, 0.05) is 24.8 Å². The van der Waals surface area contributed by atoms with Gasteiger partial charge in [-0.15, -0.1) is 0 Å². The van der Waals surface area contributed by atoms with E-state index in [1.54, 1.807) is 0 Å². The Morgan fingerprint density at radius 1 is 1.53 bits per heavy atom. The summed E-state index contributed by atoms with van der Waals surface area (Å²) in [5.74, 6) is 0.806. The molecule has 1 unspecified atom stereocenters. The maximum Gasteiger partial charge on any atom is 0.147 e. The molecular formula is C13H18N4. The Balaban J connectivity index is 2.40. The molecule has 1 aliphatic rings. The van der Waals surface area contributed by atoms with Gasteiger partial charge in [-0.1, -0.05) is 0 Å². The fourth-order valence-corrected chi connectivity index (χ4v) is 2.39. The quantitative estimate of drug-likeness (QED) is 0.794. The van der Waals surface area contributed by atoms with Crippen molar-refractivity contribution in [2.75, 3.05) is 18.0 Å². The highest BCUT2D eigenvalue weighted by molar-refractivity contribution is 5.58. The average Bonchev–Trinajstić information content (AvgIpc) is 2.28. The number of piperidine rings is 1. The summed E-state index contributed by atoms with van der Waals surface area (Å²) < 4.78 is 0. The molecule has 1 aromatic heterocycles. The van der Waals surface area contributed by atoms with Gasteiger partial charge in [-0.25, -0.2) is 4.98 Å². The summed E-state index contributed by atoms with van der Waals surface area (Å²) in [6.07, 6.45) is 2.13. The van der Waals surface area contributed by atoms with E-state index in [0.29, 0.717) is 5.56 Å². The third-order valence-corrected chi connectivity index (χ3v) is 3.19. The van der Waals surface area contributed by atoms with E-state index in [1.807, 2.05) is 19.9 Å². The maximum atomic E-state index is 9.24. The lowest BCUT2D eigenvalue weighted by atomic mass is 10.0. The van der Waals surface area contributed by atoms with Crippen LogP contribution in [-0.4, -0.2) is 24.1 Å². The molecule has 2 rings (SSSR count). The monoisotopic (exact) mass is 230 g/mol. The number of hydrogen-bond donors (Lipinski definition) is 1. The molecule has 1 saturated heterocycles. The lowest BCUT2D eigenvalue weighted by molar-refractivity contribution is 0.502. The summed E-state index contributed by atoms with van der Waals surface area (Å²) in [4.78, 5) is 6.66. The fourth-order valence-electron chi connectivity index (χ4n) is 2.39. The first kappa shape index (κ1) is 11.9. The van der Waals surface area contributed by atoms with Gasteiger partial charge >= 0.3 is 0 Å². The van der Waals surface area contributed by atoms with Crippen LogP contribution in [0.1, 0.15) is 29.7 Å². The van der Waals surface area contributed by atoms with Crippen molar-refractivity contribution >= 4 is 5.82 Å². The number of nitrogens with zero attached hydrogens (tertiary/aromatic N) is 3. The number of nitrogens with two attached hydrogens (primary N) is 1. The molecule has 90 valence electrons. The molecule has 17 heavy (non-hydrogen) atoms. The van der Waals surface area contributed by atoms with Crippen molar-refractivity contribution in [1.82, 2.24) is 4.98 Å². The first-order valence-electron chi connectivity index (χ1n) is 6.00. The normalized spacial score (nSPS) is 20.1. The van der Waals surface area contributed by atoms with Crippen LogP contribution in [0.3, 0.4) is 0 Å². The van der Waals surface area contributed by atoms with Crippen LogP contribution < -0.4 is 10.6 Å². The first-order valence-corrected chi connectivity index (χ1v) is 6.00. The van der Waals surface area contributed by atoms with E-state index in [9.17, 15) is 5.26 Å². The molecule has 2 N–H and O–H groups in total. The zero-order valence-electron chi connectivity index (χ0n) is 10.4. The van der Waals surface area contributed by atoms with Gasteiger partial charge in [0.25, 0.3) is 0 Å². The second-order valence-corrected chi connectivity index (χ2v) is 4.74. The van der Waals surface area contributed by atoms with Crippen LogP contribution in [0.4, 0.5) is 5.82 Å². The molecule has 0 saturated carbocycles. The topological polar surface area (TPSA) is 65.9 Å². The minimum atomic E-state index is 0.193. The second-order valence-electron chi connectivity index (χ2n) is 4.74. The van der Waals surface area contributed by atoms with Crippen LogP contribution in [0, 0.1) is 25.2 Å². The van der Waals surface area contributed by atoms with Crippen LogP contribution in [0.2, 0.25) is 0 Å². The number of nitriles is 1. The molecule has 0 amide bonds. The number of rotatable bonds is 1. The summed E-state index contributed by atoms with van der Waals surface area (Å²) in [7, 11) is 0. The Bertz CT molecular complexity index is 461. The number of aromatic nitrogens is 1. The van der Waals surface area contributed by atoms with Crippen molar-refractivity contribution in [3.63, 3.8) is 0 Å². The van der Waals surface area contributed by atoms with Crippen LogP contribution >= 0.6 is 0 Å². The Morgan fingerprint density at radius 2 is 2.29 bits per heavy atom. The van der Waals surface area contributed by atoms with Gasteiger partial charge in [0.1, 0.15) is 11.9 Å². The number of aryl methyl sites for hydroxylation is 2. The molecule has 0 spiro atoms. The van der Waals surface area contributed by atoms with E-state index >= 15 is 0 Å². The van der Waals surface area contributed by atoms with Gasteiger partial charge in [0.05, 0.1) is 5.56 Å². The molecular weight excluding hydrogens is 212 g/mol. The Labute approximate surface area is 102 Å². The largest absolute Gasteiger partial charge is 0.354 e. The molecule has 1 atom stereocenters. The Kier molecular flexibility index (Phi) is 3.30. The molecule has 4 heteroatoms. The van der Waals surface area contributed by atoms with E-state index in [-0.39, 0.29) is 6.04 Å². The zero-order valence-corrected chi connectivity index (χ0v) is 10.4. The van der Waals surface area contributed by atoms with Crippen molar-refractivity contribution in [1.29, 1.82) is 5.26 Å². The third kappa shape index (κ3) is 2.40. The maximum absolute atomic E-state index is 9.24. The first-order chi connectivity index (χ1) is 8.11. The molecule has 0 radical (unpaired) electrons. The SMILES string of the molecule is Cc1cc(C)c(C#N)c(N2CCCC(N)C2)n1. The molecule has 1 aliphatic heterocycles. The van der Waals surface area contributed by atoms with Gasteiger partial charge < -0.3 is 10.6 Å². The highest BCUT2D eigenvalue weighted by Crippen LogP contribution is 2.24. The molecule has 0 bridgehead atoms. The zero-order chi connectivity index (χ0) is 12.4. The molecule has 4 nitrogen and oxygen atoms in total. The lowest BCUT2D eigenvalue weighted by Crippen LogP contribution is -2.43. The van der Waals surface area contributed by atoms with Crippen molar-refractivity contribution < 1.29 is 0 Å². The molecule has 1 fully saturated rings. The van der Waals surface area contributed by atoms with Crippen molar-refractivity contribution in [2.24, 2.45) is 5.73 Å². The molecule has 1 aromatic rings. The Morgan fingerprint density at radius 3 is 2.94 bits per heavy atom. The number of hydrogen-bond acceptors (Lipinski definition) is 4. The summed E-state index contributed by atoms with van der Waals surface area (Å²) in [6, 6.07) is 4.40. The smallest absolute Gasteiger partial charge is 0.147 e. The minimum absolute atomic E-state index is 0.193. The summed E-state index contributed by atoms with van der Waals surface area (Å²) in [5, 5.41) is 9.24.